The van der Waals surface area contributed by atoms with Crippen LogP contribution in [0.4, 0.5) is 0 Å². The van der Waals surface area contributed by atoms with Gasteiger partial charge in [0.25, 0.3) is 0 Å². The molecule has 3 rings (SSSR count). The van der Waals surface area contributed by atoms with Gasteiger partial charge in [0.15, 0.2) is 0 Å². The Hall–Kier alpha value is -1.26. The van der Waals surface area contributed by atoms with Crippen LogP contribution in [0.2, 0.25) is 0 Å². The Kier molecular flexibility index (Phi) is 6.93. The average Bonchev–Trinajstić information content (AvgIpc) is 2.89. The molecular formula is C19H29ClN2O2. The van der Waals surface area contributed by atoms with Crippen molar-refractivity contribution in [3.05, 3.63) is 29.3 Å². The summed E-state index contributed by atoms with van der Waals surface area (Å²) in [5, 5.41) is 3.47. The van der Waals surface area contributed by atoms with E-state index in [-0.39, 0.29) is 18.3 Å². The van der Waals surface area contributed by atoms with Crippen molar-refractivity contribution in [3.8, 4) is 5.75 Å². The van der Waals surface area contributed by atoms with Gasteiger partial charge >= 0.3 is 0 Å². The lowest BCUT2D eigenvalue weighted by Gasteiger charge is -2.21. The van der Waals surface area contributed by atoms with E-state index in [1.165, 1.54) is 11.1 Å². The SMILES string of the molecule is Cc1ccc(OCCC(=O)N2CC[C@@H]3CNC[C@@H]3CC2)cc1C.Cl. The molecule has 2 aliphatic rings. The largest absolute Gasteiger partial charge is 0.493 e. The maximum Gasteiger partial charge on any atom is 0.225 e. The molecule has 0 spiro atoms. The highest BCUT2D eigenvalue weighted by Crippen LogP contribution is 2.27. The Labute approximate surface area is 151 Å². The fraction of sp³-hybridized carbons (Fsp3) is 0.632. The van der Waals surface area contributed by atoms with Crippen LogP contribution in [0.5, 0.6) is 5.75 Å². The van der Waals surface area contributed by atoms with Gasteiger partial charge in [-0.05, 0) is 74.9 Å². The second kappa shape index (κ2) is 8.72. The van der Waals surface area contributed by atoms with Gasteiger partial charge in [0.1, 0.15) is 5.75 Å². The van der Waals surface area contributed by atoms with E-state index in [4.69, 9.17) is 4.74 Å². The number of carbonyl (C=O) groups is 1. The van der Waals surface area contributed by atoms with E-state index in [2.05, 4.69) is 25.2 Å². The van der Waals surface area contributed by atoms with Crippen LogP contribution in [0.1, 0.15) is 30.4 Å². The van der Waals surface area contributed by atoms with Gasteiger partial charge in [-0.2, -0.15) is 0 Å². The minimum atomic E-state index is 0. The quantitative estimate of drug-likeness (QED) is 0.905. The molecule has 2 saturated heterocycles. The third-order valence-corrected chi connectivity index (χ3v) is 5.44. The fourth-order valence-corrected chi connectivity index (χ4v) is 3.69. The number of ether oxygens (including phenoxy) is 1. The summed E-state index contributed by atoms with van der Waals surface area (Å²) >= 11 is 0. The lowest BCUT2D eigenvalue weighted by Crippen LogP contribution is -2.33. The number of hydrogen-bond acceptors (Lipinski definition) is 3. The molecule has 0 aliphatic carbocycles. The second-order valence-corrected chi connectivity index (χ2v) is 6.98. The lowest BCUT2D eigenvalue weighted by molar-refractivity contribution is -0.131. The summed E-state index contributed by atoms with van der Waals surface area (Å²) in [5.74, 6) is 2.62. The zero-order valence-corrected chi connectivity index (χ0v) is 15.5. The van der Waals surface area contributed by atoms with Crippen LogP contribution in [0.3, 0.4) is 0 Å². The van der Waals surface area contributed by atoms with Gasteiger partial charge in [0, 0.05) is 13.1 Å². The van der Waals surface area contributed by atoms with Crippen LogP contribution in [-0.4, -0.2) is 43.6 Å². The van der Waals surface area contributed by atoms with Crippen molar-refractivity contribution < 1.29 is 9.53 Å². The molecule has 1 amide bonds. The number of rotatable bonds is 4. The van der Waals surface area contributed by atoms with Crippen molar-refractivity contribution in [2.24, 2.45) is 11.8 Å². The molecule has 2 aliphatic heterocycles. The molecule has 2 heterocycles. The Balaban J connectivity index is 0.00000208. The number of carbonyl (C=O) groups excluding carboxylic acids is 1. The predicted octanol–water partition coefficient (Wildman–Crippen LogP) is 2.95. The molecule has 1 N–H and O–H groups in total. The zero-order valence-electron chi connectivity index (χ0n) is 14.7. The van der Waals surface area contributed by atoms with Gasteiger partial charge in [0.2, 0.25) is 5.91 Å². The lowest BCUT2D eigenvalue weighted by atomic mass is 9.92. The van der Waals surface area contributed by atoms with Crippen molar-refractivity contribution in [2.45, 2.75) is 33.1 Å². The highest BCUT2D eigenvalue weighted by molar-refractivity contribution is 5.85. The van der Waals surface area contributed by atoms with Crippen LogP contribution in [0, 0.1) is 25.7 Å². The average molecular weight is 353 g/mol. The van der Waals surface area contributed by atoms with Crippen LogP contribution in [-0.2, 0) is 4.79 Å². The van der Waals surface area contributed by atoms with Crippen molar-refractivity contribution in [1.29, 1.82) is 0 Å². The van der Waals surface area contributed by atoms with Crippen molar-refractivity contribution in [1.82, 2.24) is 10.2 Å². The molecule has 5 heteroatoms. The van der Waals surface area contributed by atoms with Crippen molar-refractivity contribution in [3.63, 3.8) is 0 Å². The molecule has 1 aromatic rings. The molecule has 24 heavy (non-hydrogen) atoms. The van der Waals surface area contributed by atoms with Crippen LogP contribution >= 0.6 is 12.4 Å². The molecule has 4 nitrogen and oxygen atoms in total. The van der Waals surface area contributed by atoms with Crippen LogP contribution in [0.15, 0.2) is 18.2 Å². The first-order valence-electron chi connectivity index (χ1n) is 8.82. The summed E-state index contributed by atoms with van der Waals surface area (Å²) < 4.78 is 5.75. The molecule has 134 valence electrons. The summed E-state index contributed by atoms with van der Waals surface area (Å²) in [6, 6.07) is 6.08. The van der Waals surface area contributed by atoms with E-state index in [1.807, 2.05) is 17.0 Å². The molecular weight excluding hydrogens is 324 g/mol. The molecule has 2 atom stereocenters. The normalized spacial score (nSPS) is 23.2. The second-order valence-electron chi connectivity index (χ2n) is 6.98. The number of amides is 1. The van der Waals surface area contributed by atoms with Crippen molar-refractivity contribution in [2.75, 3.05) is 32.8 Å². The number of likely N-dealkylation sites (tertiary alicyclic amines) is 1. The van der Waals surface area contributed by atoms with E-state index < -0.39 is 0 Å². The van der Waals surface area contributed by atoms with Gasteiger partial charge in [-0.1, -0.05) is 6.07 Å². The minimum absolute atomic E-state index is 0. The number of aryl methyl sites for hydroxylation is 2. The molecule has 1 aromatic carbocycles. The van der Waals surface area contributed by atoms with Gasteiger partial charge in [0.05, 0.1) is 13.0 Å². The summed E-state index contributed by atoms with van der Waals surface area (Å²) in [5.41, 5.74) is 2.49. The molecule has 0 bridgehead atoms. The van der Waals surface area contributed by atoms with E-state index in [0.29, 0.717) is 13.0 Å². The third kappa shape index (κ3) is 4.64. The molecule has 0 radical (unpaired) electrons. The highest BCUT2D eigenvalue weighted by atomic mass is 35.5. The zero-order chi connectivity index (χ0) is 16.2. The Morgan fingerprint density at radius 2 is 1.83 bits per heavy atom. The first-order valence-corrected chi connectivity index (χ1v) is 8.82. The monoisotopic (exact) mass is 352 g/mol. The van der Waals surface area contributed by atoms with Crippen LogP contribution in [0.25, 0.3) is 0 Å². The van der Waals surface area contributed by atoms with Gasteiger partial charge < -0.3 is 15.0 Å². The molecule has 0 aromatic heterocycles. The van der Waals surface area contributed by atoms with Crippen molar-refractivity contribution >= 4 is 18.3 Å². The summed E-state index contributed by atoms with van der Waals surface area (Å²) in [4.78, 5) is 14.5. The fourth-order valence-electron chi connectivity index (χ4n) is 3.69. The maximum absolute atomic E-state index is 12.4. The topological polar surface area (TPSA) is 41.6 Å². The summed E-state index contributed by atoms with van der Waals surface area (Å²) in [7, 11) is 0. The number of hydrogen-bond donors (Lipinski definition) is 1. The molecule has 0 unspecified atom stereocenters. The Morgan fingerprint density at radius 3 is 2.46 bits per heavy atom. The number of halogens is 1. The first-order chi connectivity index (χ1) is 11.1. The number of fused-ring (bicyclic) bond motifs is 1. The van der Waals surface area contributed by atoms with E-state index in [9.17, 15) is 4.79 Å². The highest BCUT2D eigenvalue weighted by Gasteiger charge is 2.31. The minimum Gasteiger partial charge on any atom is -0.493 e. The van der Waals surface area contributed by atoms with E-state index in [0.717, 1.165) is 56.6 Å². The van der Waals surface area contributed by atoms with Gasteiger partial charge in [-0.3, -0.25) is 4.79 Å². The molecule has 0 saturated carbocycles. The third-order valence-electron chi connectivity index (χ3n) is 5.44. The number of benzene rings is 1. The number of nitrogens with one attached hydrogen (secondary N) is 1. The van der Waals surface area contributed by atoms with E-state index >= 15 is 0 Å². The molecule has 2 fully saturated rings. The van der Waals surface area contributed by atoms with Gasteiger partial charge in [-0.15, -0.1) is 12.4 Å². The summed E-state index contributed by atoms with van der Waals surface area (Å²) in [6.07, 6.45) is 2.75. The number of nitrogens with zero attached hydrogens (tertiary/aromatic N) is 1. The summed E-state index contributed by atoms with van der Waals surface area (Å²) in [6.45, 7) is 8.71. The Bertz CT molecular complexity index is 550. The van der Waals surface area contributed by atoms with E-state index in [1.54, 1.807) is 0 Å². The van der Waals surface area contributed by atoms with Gasteiger partial charge in [-0.25, -0.2) is 0 Å². The predicted molar refractivity (Wildman–Crippen MR) is 98.9 cm³/mol. The maximum atomic E-state index is 12.4. The standard InChI is InChI=1S/C19H28N2O2.ClH/c1-14-3-4-18(11-15(14)2)23-10-7-19(22)21-8-5-16-12-20-13-17(16)6-9-21;/h3-4,11,16-17,20H,5-10,12-13H2,1-2H3;1H/t16-,17+;. The van der Waals surface area contributed by atoms with Crippen LogP contribution < -0.4 is 10.1 Å². The smallest absolute Gasteiger partial charge is 0.225 e. The first kappa shape index (κ1) is 19.1. The Morgan fingerprint density at radius 1 is 1.17 bits per heavy atom.